The average Bonchev–Trinajstić information content (AvgIpc) is 2.89. The van der Waals surface area contributed by atoms with Crippen molar-refractivity contribution in [2.75, 3.05) is 10.8 Å². The van der Waals surface area contributed by atoms with Gasteiger partial charge in [-0.2, -0.15) is 0 Å². The Morgan fingerprint density at radius 1 is 0.949 bits per heavy atom. The predicted octanol–water partition coefficient (Wildman–Crippen LogP) is 5.66. The largest absolute Gasteiger partial charge is 0.352 e. The number of anilines is 1. The number of nitrogens with one attached hydrogen (secondary N) is 1. The van der Waals surface area contributed by atoms with E-state index < -0.39 is 34.3 Å². The van der Waals surface area contributed by atoms with E-state index in [-0.39, 0.29) is 40.5 Å². The van der Waals surface area contributed by atoms with Gasteiger partial charge in [-0.3, -0.25) is 13.9 Å². The third-order valence-electron chi connectivity index (χ3n) is 5.88. The van der Waals surface area contributed by atoms with Gasteiger partial charge in [-0.1, -0.05) is 54.4 Å². The number of halogens is 3. The molecule has 0 spiro atoms. The van der Waals surface area contributed by atoms with Crippen molar-refractivity contribution in [2.45, 2.75) is 50.7 Å². The van der Waals surface area contributed by atoms with Crippen molar-refractivity contribution < 1.29 is 22.4 Å². The highest BCUT2D eigenvalue weighted by Gasteiger charge is 2.33. The fourth-order valence-electron chi connectivity index (χ4n) is 3.99. The molecule has 0 radical (unpaired) electrons. The van der Waals surface area contributed by atoms with Crippen LogP contribution in [-0.4, -0.2) is 43.8 Å². The molecule has 0 saturated heterocycles. The molecule has 3 aromatic rings. The molecular formula is C28H30Cl2FN3O4S. The van der Waals surface area contributed by atoms with E-state index in [1.165, 1.54) is 4.90 Å². The van der Waals surface area contributed by atoms with E-state index in [1.54, 1.807) is 55.5 Å². The number of carbonyl (C=O) groups is 2. The van der Waals surface area contributed by atoms with Crippen LogP contribution in [0.25, 0.3) is 0 Å². The second-order valence-corrected chi connectivity index (χ2v) is 11.8. The zero-order chi connectivity index (χ0) is 28.7. The lowest BCUT2D eigenvalue weighted by Crippen LogP contribution is -2.53. The van der Waals surface area contributed by atoms with Crippen molar-refractivity contribution in [3.63, 3.8) is 0 Å². The van der Waals surface area contributed by atoms with Crippen LogP contribution >= 0.6 is 23.2 Å². The highest BCUT2D eigenvalue weighted by Crippen LogP contribution is 2.26. The number of hydrogen-bond acceptors (Lipinski definition) is 4. The molecule has 39 heavy (non-hydrogen) atoms. The molecule has 3 rings (SSSR count). The van der Waals surface area contributed by atoms with Crippen LogP contribution in [0.1, 0.15) is 32.8 Å². The first-order chi connectivity index (χ1) is 18.4. The Bertz CT molecular complexity index is 1400. The SMILES string of the molecule is CC[C@H](C(=O)NC(C)C)N(Cc1ccc(Cl)c(Cl)c1)C(=O)CN(c1ccccc1)S(=O)(=O)c1ccc(F)cc1. The molecule has 0 unspecified atom stereocenters. The summed E-state index contributed by atoms with van der Waals surface area (Å²) in [4.78, 5) is 28.2. The molecule has 0 aliphatic carbocycles. The number of hydrogen-bond donors (Lipinski definition) is 1. The summed E-state index contributed by atoms with van der Waals surface area (Å²) >= 11 is 12.3. The second kappa shape index (κ2) is 13.3. The van der Waals surface area contributed by atoms with Gasteiger partial charge in [-0.15, -0.1) is 0 Å². The van der Waals surface area contributed by atoms with Gasteiger partial charge in [0, 0.05) is 12.6 Å². The van der Waals surface area contributed by atoms with Gasteiger partial charge in [-0.05, 0) is 74.4 Å². The van der Waals surface area contributed by atoms with E-state index in [1.807, 2.05) is 13.8 Å². The Hall–Kier alpha value is -3.14. The van der Waals surface area contributed by atoms with Crippen LogP contribution in [0.15, 0.2) is 77.7 Å². The van der Waals surface area contributed by atoms with Crippen molar-refractivity contribution in [1.82, 2.24) is 10.2 Å². The van der Waals surface area contributed by atoms with E-state index in [9.17, 15) is 22.4 Å². The third-order valence-corrected chi connectivity index (χ3v) is 8.41. The highest BCUT2D eigenvalue weighted by molar-refractivity contribution is 7.92. The van der Waals surface area contributed by atoms with Crippen LogP contribution < -0.4 is 9.62 Å². The van der Waals surface area contributed by atoms with Gasteiger partial charge in [0.15, 0.2) is 0 Å². The zero-order valence-electron chi connectivity index (χ0n) is 21.8. The van der Waals surface area contributed by atoms with E-state index in [0.717, 1.165) is 28.6 Å². The quantitative estimate of drug-likeness (QED) is 0.311. The van der Waals surface area contributed by atoms with Crippen LogP contribution in [0.2, 0.25) is 10.0 Å². The second-order valence-electron chi connectivity index (χ2n) is 9.16. The first kappa shape index (κ1) is 30.4. The Morgan fingerprint density at radius 2 is 1.59 bits per heavy atom. The fraction of sp³-hybridized carbons (Fsp3) is 0.286. The smallest absolute Gasteiger partial charge is 0.264 e. The Balaban J connectivity index is 2.05. The monoisotopic (exact) mass is 593 g/mol. The molecular weight excluding hydrogens is 564 g/mol. The van der Waals surface area contributed by atoms with Gasteiger partial charge in [0.1, 0.15) is 18.4 Å². The maximum atomic E-state index is 13.9. The Morgan fingerprint density at radius 3 is 2.15 bits per heavy atom. The molecule has 0 aliphatic rings. The minimum atomic E-state index is -4.28. The first-order valence-corrected chi connectivity index (χ1v) is 14.5. The summed E-state index contributed by atoms with van der Waals surface area (Å²) in [6.45, 7) is 4.77. The maximum Gasteiger partial charge on any atom is 0.264 e. The molecule has 0 bridgehead atoms. The Kier molecular flexibility index (Phi) is 10.4. The number of amides is 2. The Labute approximate surface area is 238 Å². The van der Waals surface area contributed by atoms with E-state index in [4.69, 9.17) is 23.2 Å². The summed E-state index contributed by atoms with van der Waals surface area (Å²) in [7, 11) is -4.28. The van der Waals surface area contributed by atoms with Gasteiger partial charge in [0.25, 0.3) is 10.0 Å². The molecule has 1 atom stereocenters. The number of benzene rings is 3. The van der Waals surface area contributed by atoms with Crippen LogP contribution in [0.5, 0.6) is 0 Å². The molecule has 7 nitrogen and oxygen atoms in total. The van der Waals surface area contributed by atoms with Crippen LogP contribution in [0, 0.1) is 5.82 Å². The molecule has 0 fully saturated rings. The lowest BCUT2D eigenvalue weighted by Gasteiger charge is -2.33. The lowest BCUT2D eigenvalue weighted by molar-refractivity contribution is -0.140. The number of carbonyl (C=O) groups excluding carboxylic acids is 2. The summed E-state index contributed by atoms with van der Waals surface area (Å²) in [5, 5.41) is 3.45. The summed E-state index contributed by atoms with van der Waals surface area (Å²) < 4.78 is 41.9. The molecule has 0 aromatic heterocycles. The number of sulfonamides is 1. The first-order valence-electron chi connectivity index (χ1n) is 12.3. The van der Waals surface area contributed by atoms with E-state index in [0.29, 0.717) is 10.6 Å². The van der Waals surface area contributed by atoms with E-state index >= 15 is 0 Å². The standard InChI is InChI=1S/C28H30Cl2FN3O4S/c1-4-26(28(36)32-19(2)3)33(17-20-10-15-24(29)25(30)16-20)27(35)18-34(22-8-6-5-7-9-22)39(37,38)23-13-11-21(31)12-14-23/h5-16,19,26H,4,17-18H2,1-3H3,(H,32,36)/t26-/m1/s1. The van der Waals surface area contributed by atoms with Crippen LogP contribution in [0.4, 0.5) is 10.1 Å². The lowest BCUT2D eigenvalue weighted by atomic mass is 10.1. The topological polar surface area (TPSA) is 86.8 Å². The molecule has 3 aromatic carbocycles. The molecule has 1 N–H and O–H groups in total. The van der Waals surface area contributed by atoms with Crippen molar-refractivity contribution in [3.8, 4) is 0 Å². The van der Waals surface area contributed by atoms with Crippen molar-refractivity contribution in [3.05, 3.63) is 94.2 Å². The molecule has 0 aliphatic heterocycles. The van der Waals surface area contributed by atoms with Crippen molar-refractivity contribution >= 4 is 50.7 Å². The summed E-state index contributed by atoms with van der Waals surface area (Å²) in [6, 6.07) is 16.3. The van der Waals surface area contributed by atoms with Crippen molar-refractivity contribution in [1.29, 1.82) is 0 Å². The zero-order valence-corrected chi connectivity index (χ0v) is 24.1. The minimum absolute atomic E-state index is 0.0149. The van der Waals surface area contributed by atoms with Gasteiger partial charge in [0.05, 0.1) is 20.6 Å². The molecule has 2 amide bonds. The summed E-state index contributed by atoms with van der Waals surface area (Å²) in [6.07, 6.45) is 0.279. The minimum Gasteiger partial charge on any atom is -0.352 e. The van der Waals surface area contributed by atoms with Crippen molar-refractivity contribution in [2.24, 2.45) is 0 Å². The maximum absolute atomic E-state index is 13.9. The number of nitrogens with zero attached hydrogens (tertiary/aromatic N) is 2. The molecule has 11 heteroatoms. The van der Waals surface area contributed by atoms with Gasteiger partial charge < -0.3 is 10.2 Å². The average molecular weight is 595 g/mol. The summed E-state index contributed by atoms with van der Waals surface area (Å²) in [5.41, 5.74) is 0.852. The highest BCUT2D eigenvalue weighted by atomic mass is 35.5. The van der Waals surface area contributed by atoms with Crippen LogP contribution in [0.3, 0.4) is 0 Å². The van der Waals surface area contributed by atoms with E-state index in [2.05, 4.69) is 5.32 Å². The normalized spacial score (nSPS) is 12.2. The predicted molar refractivity (Wildman–Crippen MR) is 152 cm³/mol. The van der Waals surface area contributed by atoms with Gasteiger partial charge in [-0.25, -0.2) is 12.8 Å². The number of para-hydroxylation sites is 1. The fourth-order valence-corrected chi connectivity index (χ4v) is 5.73. The summed E-state index contributed by atoms with van der Waals surface area (Å²) in [5.74, 6) is -1.57. The van der Waals surface area contributed by atoms with Gasteiger partial charge in [0.2, 0.25) is 11.8 Å². The molecule has 0 saturated carbocycles. The molecule has 0 heterocycles. The number of rotatable bonds is 11. The van der Waals surface area contributed by atoms with Gasteiger partial charge >= 0.3 is 0 Å². The molecule has 208 valence electrons. The third kappa shape index (κ3) is 7.71. The van der Waals surface area contributed by atoms with Crippen LogP contribution in [-0.2, 0) is 26.2 Å².